The van der Waals surface area contributed by atoms with Crippen LogP contribution in [0.2, 0.25) is 0 Å². The van der Waals surface area contributed by atoms with Gasteiger partial charge in [-0.2, -0.15) is 9.29 Å². The zero-order chi connectivity index (χ0) is 23.8. The van der Waals surface area contributed by atoms with Gasteiger partial charge in [0.15, 0.2) is 5.65 Å². The Morgan fingerprint density at radius 3 is 2.42 bits per heavy atom. The molecule has 5 N–H and O–H groups in total. The molecule has 0 saturated carbocycles. The molecular weight excluding hydrogens is 446 g/mol. The molecule has 0 bridgehead atoms. The van der Waals surface area contributed by atoms with Crippen molar-refractivity contribution in [3.8, 4) is 0 Å². The first-order valence-electron chi connectivity index (χ1n) is 10.6. The number of nitrogens with two attached hydrogens (primary N) is 2. The molecule has 1 amide bonds. The normalized spacial score (nSPS) is 14.9. The van der Waals surface area contributed by atoms with E-state index in [1.165, 1.54) is 27.2 Å². The Bertz CT molecular complexity index is 1380. The topological polar surface area (TPSA) is 166 Å². The molecule has 1 aliphatic heterocycles. The number of primary amides is 1. The fourth-order valence-electron chi connectivity index (χ4n) is 3.95. The van der Waals surface area contributed by atoms with Crippen molar-refractivity contribution in [2.45, 2.75) is 37.6 Å². The summed E-state index contributed by atoms with van der Waals surface area (Å²) in [4.78, 5) is 33.1. The number of aryl methyl sites for hydroxylation is 1. The number of piperidine rings is 1. The first-order chi connectivity index (χ1) is 15.7. The molecule has 1 saturated heterocycles. The Morgan fingerprint density at radius 1 is 1.15 bits per heavy atom. The molecule has 0 radical (unpaired) electrons. The highest BCUT2D eigenvalue weighted by Gasteiger charge is 2.26. The monoisotopic (exact) mass is 471 g/mol. The van der Waals surface area contributed by atoms with Crippen LogP contribution in [0.5, 0.6) is 0 Å². The van der Waals surface area contributed by atoms with Crippen molar-refractivity contribution in [1.82, 2.24) is 18.8 Å². The van der Waals surface area contributed by atoms with Crippen molar-refractivity contribution in [3.63, 3.8) is 0 Å². The lowest BCUT2D eigenvalue weighted by molar-refractivity contribution is 0.0999. The van der Waals surface area contributed by atoms with Gasteiger partial charge in [-0.25, -0.2) is 13.4 Å². The molecule has 4 rings (SSSR count). The van der Waals surface area contributed by atoms with Crippen molar-refractivity contribution in [1.29, 1.82) is 0 Å². The highest BCUT2D eigenvalue weighted by atomic mass is 32.2. The van der Waals surface area contributed by atoms with Gasteiger partial charge in [0.25, 0.3) is 5.91 Å². The van der Waals surface area contributed by atoms with Crippen molar-refractivity contribution >= 4 is 44.4 Å². The van der Waals surface area contributed by atoms with E-state index in [2.05, 4.69) is 15.3 Å². The summed E-state index contributed by atoms with van der Waals surface area (Å²) in [5.41, 5.74) is 11.2. The molecule has 0 atom stereocenters. The van der Waals surface area contributed by atoms with Crippen LogP contribution in [0.25, 0.3) is 11.0 Å². The van der Waals surface area contributed by atoms with Gasteiger partial charge in [-0.15, -0.1) is 0 Å². The number of anilines is 3. The summed E-state index contributed by atoms with van der Waals surface area (Å²) in [6.07, 6.45) is 4.08. The van der Waals surface area contributed by atoms with Gasteiger partial charge in [0.1, 0.15) is 11.4 Å². The van der Waals surface area contributed by atoms with Crippen molar-refractivity contribution in [2.75, 3.05) is 24.1 Å². The van der Waals surface area contributed by atoms with Crippen LogP contribution >= 0.6 is 0 Å². The maximum absolute atomic E-state index is 12.8. The van der Waals surface area contributed by atoms with Crippen LogP contribution in [0, 0.1) is 0 Å². The van der Waals surface area contributed by atoms with E-state index in [4.69, 9.17) is 11.5 Å². The van der Waals surface area contributed by atoms with Crippen molar-refractivity contribution < 1.29 is 13.2 Å². The number of nitrogens with one attached hydrogen (secondary N) is 1. The molecule has 11 nitrogen and oxygen atoms in total. The Kier molecular flexibility index (Phi) is 6.04. The van der Waals surface area contributed by atoms with E-state index >= 15 is 0 Å². The van der Waals surface area contributed by atoms with E-state index in [9.17, 15) is 18.0 Å². The zero-order valence-corrected chi connectivity index (χ0v) is 18.9. The molecule has 2 aromatic heterocycles. The van der Waals surface area contributed by atoms with Gasteiger partial charge in [0, 0.05) is 31.5 Å². The number of hydrogen-bond donors (Lipinski definition) is 3. The summed E-state index contributed by atoms with van der Waals surface area (Å²) in [5, 5.41) is 3.12. The number of aromatic nitrogens is 3. The van der Waals surface area contributed by atoms with Crippen LogP contribution < -0.4 is 22.2 Å². The molecule has 33 heavy (non-hydrogen) atoms. The number of nitrogen functional groups attached to an aromatic ring is 1. The predicted octanol–water partition coefficient (Wildman–Crippen LogP) is 1.41. The van der Waals surface area contributed by atoms with Crippen molar-refractivity contribution in [2.24, 2.45) is 5.73 Å². The standard InChI is InChI=1S/C21H25N7O4S/c1-2-28-18(22)16(19(23)30)17(29)15-12-24-21(26-20(15)28)25-13-6-8-14(9-7-13)33(31,32)27-10-4-3-5-11-27/h6-9,12H,2-5,10-11,22H2,1H3,(H2,23,30)(H,24,25,26). The maximum Gasteiger partial charge on any atom is 0.256 e. The number of amides is 1. The minimum Gasteiger partial charge on any atom is -0.384 e. The van der Waals surface area contributed by atoms with E-state index in [0.717, 1.165) is 19.3 Å². The summed E-state index contributed by atoms with van der Waals surface area (Å²) in [7, 11) is -3.53. The number of carbonyl (C=O) groups is 1. The van der Waals surface area contributed by atoms with Gasteiger partial charge in [0.05, 0.1) is 10.3 Å². The Morgan fingerprint density at radius 2 is 1.82 bits per heavy atom. The van der Waals surface area contributed by atoms with Crippen LogP contribution in [0.1, 0.15) is 36.5 Å². The third kappa shape index (κ3) is 4.14. The van der Waals surface area contributed by atoms with E-state index in [0.29, 0.717) is 25.3 Å². The number of hydrogen-bond acceptors (Lipinski definition) is 8. The molecule has 0 unspecified atom stereocenters. The Labute approximate surface area is 190 Å². The van der Waals surface area contributed by atoms with Crippen LogP contribution in [-0.4, -0.2) is 46.3 Å². The summed E-state index contributed by atoms with van der Waals surface area (Å²) >= 11 is 0. The van der Waals surface area contributed by atoms with Crippen LogP contribution in [0.4, 0.5) is 17.5 Å². The molecule has 12 heteroatoms. The number of fused-ring (bicyclic) bond motifs is 1. The summed E-state index contributed by atoms with van der Waals surface area (Å²) in [6, 6.07) is 6.32. The molecule has 174 valence electrons. The number of benzene rings is 1. The molecule has 0 spiro atoms. The average molecular weight is 472 g/mol. The van der Waals surface area contributed by atoms with Gasteiger partial charge in [-0.05, 0) is 44.0 Å². The smallest absolute Gasteiger partial charge is 0.256 e. The lowest BCUT2D eigenvalue weighted by Crippen LogP contribution is -2.35. The first-order valence-corrected chi connectivity index (χ1v) is 12.0. The summed E-state index contributed by atoms with van der Waals surface area (Å²) in [5.74, 6) is -0.787. The third-order valence-electron chi connectivity index (χ3n) is 5.67. The zero-order valence-electron chi connectivity index (χ0n) is 18.1. The number of sulfonamides is 1. The second-order valence-electron chi connectivity index (χ2n) is 7.74. The van der Waals surface area contributed by atoms with Crippen LogP contribution in [-0.2, 0) is 16.6 Å². The third-order valence-corrected chi connectivity index (χ3v) is 7.58. The number of carbonyl (C=O) groups excluding carboxylic acids is 1. The number of nitrogens with zero attached hydrogens (tertiary/aromatic N) is 4. The van der Waals surface area contributed by atoms with E-state index in [1.54, 1.807) is 19.1 Å². The molecule has 1 aliphatic rings. The van der Waals surface area contributed by atoms with E-state index < -0.39 is 21.4 Å². The number of pyridine rings is 1. The van der Waals surface area contributed by atoms with Gasteiger partial charge in [0.2, 0.25) is 21.4 Å². The highest BCUT2D eigenvalue weighted by Crippen LogP contribution is 2.24. The molecule has 3 aromatic rings. The maximum atomic E-state index is 12.8. The SMILES string of the molecule is CCn1c(N)c(C(N)=O)c(=O)c2cnc(Nc3ccc(S(=O)(=O)N4CCCCC4)cc3)nc21. The van der Waals surface area contributed by atoms with E-state index in [-0.39, 0.29) is 33.3 Å². The Hall–Kier alpha value is -3.51. The number of rotatable bonds is 6. The summed E-state index contributed by atoms with van der Waals surface area (Å²) in [6.45, 7) is 3.21. The minimum atomic E-state index is -3.53. The van der Waals surface area contributed by atoms with Crippen LogP contribution in [0.3, 0.4) is 0 Å². The lowest BCUT2D eigenvalue weighted by Gasteiger charge is -2.25. The molecule has 1 aromatic carbocycles. The minimum absolute atomic E-state index is 0.0561. The molecule has 0 aliphatic carbocycles. The molecule has 1 fully saturated rings. The fraction of sp³-hybridized carbons (Fsp3) is 0.333. The average Bonchev–Trinajstić information content (AvgIpc) is 2.80. The van der Waals surface area contributed by atoms with Gasteiger partial charge >= 0.3 is 0 Å². The van der Waals surface area contributed by atoms with E-state index in [1.807, 2.05) is 0 Å². The largest absolute Gasteiger partial charge is 0.384 e. The second-order valence-corrected chi connectivity index (χ2v) is 9.68. The first kappa shape index (κ1) is 22.7. The molecular formula is C21H25N7O4S. The predicted molar refractivity (Wildman–Crippen MR) is 125 cm³/mol. The van der Waals surface area contributed by atoms with Gasteiger partial charge < -0.3 is 21.4 Å². The Balaban J connectivity index is 1.65. The summed E-state index contributed by atoms with van der Waals surface area (Å²) < 4.78 is 28.7. The fourth-order valence-corrected chi connectivity index (χ4v) is 5.47. The second kappa shape index (κ2) is 8.79. The lowest BCUT2D eigenvalue weighted by atomic mass is 10.2. The van der Waals surface area contributed by atoms with Crippen molar-refractivity contribution in [3.05, 3.63) is 46.2 Å². The molecule has 3 heterocycles. The quantitative estimate of drug-likeness (QED) is 0.485. The highest BCUT2D eigenvalue weighted by molar-refractivity contribution is 7.89. The van der Waals surface area contributed by atoms with Gasteiger partial charge in [-0.3, -0.25) is 9.59 Å². The van der Waals surface area contributed by atoms with Crippen LogP contribution in [0.15, 0.2) is 40.2 Å². The van der Waals surface area contributed by atoms with Gasteiger partial charge in [-0.1, -0.05) is 6.42 Å².